The van der Waals surface area contributed by atoms with Gasteiger partial charge in [-0.1, -0.05) is 13.0 Å². The van der Waals surface area contributed by atoms with E-state index in [0.29, 0.717) is 12.0 Å². The highest BCUT2D eigenvalue weighted by Gasteiger charge is 2.25. The fourth-order valence-corrected chi connectivity index (χ4v) is 3.68. The maximum atomic E-state index is 5.88. The molecule has 3 heteroatoms. The molecule has 1 aliphatic heterocycles. The van der Waals surface area contributed by atoms with Crippen LogP contribution < -0.4 is 10.5 Å². The van der Waals surface area contributed by atoms with Crippen LogP contribution in [0.3, 0.4) is 0 Å². The Hall–Kier alpha value is -1.06. The van der Waals surface area contributed by atoms with Crippen molar-refractivity contribution in [2.75, 3.05) is 26.7 Å². The highest BCUT2D eigenvalue weighted by atomic mass is 16.5. The maximum absolute atomic E-state index is 5.88. The number of benzene rings is 1. The Morgan fingerprint density at radius 2 is 2.19 bits per heavy atom. The lowest BCUT2D eigenvalue weighted by Gasteiger charge is -2.37. The fourth-order valence-electron chi connectivity index (χ4n) is 3.68. The lowest BCUT2D eigenvalue weighted by molar-refractivity contribution is 0.134. The highest BCUT2D eigenvalue weighted by molar-refractivity contribution is 5.45. The molecule has 0 saturated carbocycles. The Morgan fingerprint density at radius 3 is 2.81 bits per heavy atom. The van der Waals surface area contributed by atoms with Gasteiger partial charge < -0.3 is 10.5 Å². The second kappa shape index (κ2) is 7.28. The van der Waals surface area contributed by atoms with Crippen LogP contribution in [0.25, 0.3) is 0 Å². The summed E-state index contributed by atoms with van der Waals surface area (Å²) in [6, 6.07) is 4.82. The minimum Gasteiger partial charge on any atom is -0.496 e. The lowest BCUT2D eigenvalue weighted by atomic mass is 9.91. The standard InChI is InChI=1S/C18H30N2O/c1-5-16-13(2)18(21-4)9-8-17(16)14(3)20-10-6-7-15(11-19)12-20/h8-9,14-15H,5-7,10-12,19H2,1-4H3. The van der Waals surface area contributed by atoms with E-state index in [9.17, 15) is 0 Å². The molecule has 2 atom stereocenters. The topological polar surface area (TPSA) is 38.5 Å². The first kappa shape index (κ1) is 16.3. The number of methoxy groups -OCH3 is 1. The quantitative estimate of drug-likeness (QED) is 0.904. The molecule has 1 fully saturated rings. The summed E-state index contributed by atoms with van der Waals surface area (Å²) in [5.74, 6) is 1.66. The van der Waals surface area contributed by atoms with Gasteiger partial charge in [-0.3, -0.25) is 4.90 Å². The second-order valence-electron chi connectivity index (χ2n) is 6.23. The Kier molecular flexibility index (Phi) is 5.65. The summed E-state index contributed by atoms with van der Waals surface area (Å²) in [4.78, 5) is 2.60. The van der Waals surface area contributed by atoms with Crippen molar-refractivity contribution in [3.05, 3.63) is 28.8 Å². The van der Waals surface area contributed by atoms with E-state index >= 15 is 0 Å². The van der Waals surface area contributed by atoms with Gasteiger partial charge in [0.05, 0.1) is 7.11 Å². The molecule has 3 nitrogen and oxygen atoms in total. The van der Waals surface area contributed by atoms with Crippen LogP contribution in [0.2, 0.25) is 0 Å². The molecule has 1 aromatic rings. The Labute approximate surface area is 129 Å². The third-order valence-corrected chi connectivity index (χ3v) is 5.04. The van der Waals surface area contributed by atoms with E-state index in [0.717, 1.165) is 25.3 Å². The van der Waals surface area contributed by atoms with E-state index in [4.69, 9.17) is 10.5 Å². The maximum Gasteiger partial charge on any atom is 0.122 e. The first-order chi connectivity index (χ1) is 10.1. The van der Waals surface area contributed by atoms with Crippen LogP contribution in [0.15, 0.2) is 12.1 Å². The lowest BCUT2D eigenvalue weighted by Crippen LogP contribution is -2.40. The molecule has 2 rings (SSSR count). The first-order valence-electron chi connectivity index (χ1n) is 8.22. The zero-order valence-corrected chi connectivity index (χ0v) is 14.0. The molecule has 1 aliphatic rings. The zero-order valence-electron chi connectivity index (χ0n) is 14.0. The summed E-state index contributed by atoms with van der Waals surface area (Å²) in [7, 11) is 1.75. The van der Waals surface area contributed by atoms with Crippen LogP contribution in [-0.4, -0.2) is 31.6 Å². The molecular formula is C18H30N2O. The van der Waals surface area contributed by atoms with Crippen LogP contribution in [0.5, 0.6) is 5.75 Å². The van der Waals surface area contributed by atoms with E-state index in [1.54, 1.807) is 7.11 Å². The molecule has 0 radical (unpaired) electrons. The molecule has 118 valence electrons. The molecule has 0 amide bonds. The van der Waals surface area contributed by atoms with Gasteiger partial charge in [0.2, 0.25) is 0 Å². The van der Waals surface area contributed by atoms with Crippen molar-refractivity contribution in [2.45, 2.75) is 46.1 Å². The number of likely N-dealkylation sites (tertiary alicyclic amines) is 1. The third kappa shape index (κ3) is 3.41. The monoisotopic (exact) mass is 290 g/mol. The summed E-state index contributed by atoms with van der Waals surface area (Å²) in [5.41, 5.74) is 10.1. The van der Waals surface area contributed by atoms with Crippen molar-refractivity contribution in [3.8, 4) is 5.75 Å². The molecule has 2 N–H and O–H groups in total. The Morgan fingerprint density at radius 1 is 1.43 bits per heavy atom. The molecule has 1 heterocycles. The highest BCUT2D eigenvalue weighted by Crippen LogP contribution is 2.33. The van der Waals surface area contributed by atoms with Gasteiger partial charge in [0.1, 0.15) is 5.75 Å². The average Bonchev–Trinajstić information content (AvgIpc) is 2.53. The SMILES string of the molecule is CCc1c(C(C)N2CCCC(CN)C2)ccc(OC)c1C. The van der Waals surface area contributed by atoms with Crippen LogP contribution in [-0.2, 0) is 6.42 Å². The van der Waals surface area contributed by atoms with Crippen LogP contribution in [0.4, 0.5) is 0 Å². The van der Waals surface area contributed by atoms with E-state index in [2.05, 4.69) is 37.8 Å². The molecule has 0 spiro atoms. The van der Waals surface area contributed by atoms with Crippen molar-refractivity contribution < 1.29 is 4.74 Å². The molecule has 0 bridgehead atoms. The zero-order chi connectivity index (χ0) is 15.4. The van der Waals surface area contributed by atoms with Crippen LogP contribution in [0, 0.1) is 12.8 Å². The summed E-state index contributed by atoms with van der Waals surface area (Å²) < 4.78 is 5.47. The van der Waals surface area contributed by atoms with E-state index < -0.39 is 0 Å². The van der Waals surface area contributed by atoms with E-state index in [1.807, 2.05) is 0 Å². The van der Waals surface area contributed by atoms with Crippen LogP contribution >= 0.6 is 0 Å². The molecule has 2 unspecified atom stereocenters. The summed E-state index contributed by atoms with van der Waals surface area (Å²) >= 11 is 0. The number of rotatable bonds is 5. The minimum atomic E-state index is 0.457. The van der Waals surface area contributed by atoms with E-state index in [1.165, 1.54) is 36.1 Å². The number of nitrogens with two attached hydrogens (primary N) is 1. The number of piperidine rings is 1. The Balaban J connectivity index is 2.26. The molecular weight excluding hydrogens is 260 g/mol. The van der Waals surface area contributed by atoms with Gasteiger partial charge in [-0.2, -0.15) is 0 Å². The number of ether oxygens (including phenoxy) is 1. The van der Waals surface area contributed by atoms with Crippen molar-refractivity contribution in [3.63, 3.8) is 0 Å². The molecule has 1 saturated heterocycles. The van der Waals surface area contributed by atoms with Gasteiger partial charge in [-0.15, -0.1) is 0 Å². The van der Waals surface area contributed by atoms with Crippen molar-refractivity contribution in [1.82, 2.24) is 4.90 Å². The van der Waals surface area contributed by atoms with Gasteiger partial charge in [0.25, 0.3) is 0 Å². The van der Waals surface area contributed by atoms with Crippen LogP contribution in [0.1, 0.15) is 49.4 Å². The molecule has 0 aromatic heterocycles. The van der Waals surface area contributed by atoms with Crippen molar-refractivity contribution >= 4 is 0 Å². The van der Waals surface area contributed by atoms with Gasteiger partial charge >= 0.3 is 0 Å². The predicted molar refractivity (Wildman–Crippen MR) is 88.9 cm³/mol. The second-order valence-corrected chi connectivity index (χ2v) is 6.23. The fraction of sp³-hybridized carbons (Fsp3) is 0.667. The molecule has 0 aliphatic carbocycles. The van der Waals surface area contributed by atoms with Crippen molar-refractivity contribution in [1.29, 1.82) is 0 Å². The minimum absolute atomic E-state index is 0.457. The smallest absolute Gasteiger partial charge is 0.122 e. The van der Waals surface area contributed by atoms with Gasteiger partial charge in [0.15, 0.2) is 0 Å². The van der Waals surface area contributed by atoms with Gasteiger partial charge in [-0.25, -0.2) is 0 Å². The first-order valence-corrected chi connectivity index (χ1v) is 8.22. The van der Waals surface area contributed by atoms with Gasteiger partial charge in [0, 0.05) is 12.6 Å². The molecule has 21 heavy (non-hydrogen) atoms. The van der Waals surface area contributed by atoms with E-state index in [-0.39, 0.29) is 0 Å². The number of hydrogen-bond acceptors (Lipinski definition) is 3. The Bertz CT molecular complexity index is 473. The summed E-state index contributed by atoms with van der Waals surface area (Å²) in [6.07, 6.45) is 3.60. The molecule has 1 aromatic carbocycles. The third-order valence-electron chi connectivity index (χ3n) is 5.04. The van der Waals surface area contributed by atoms with Gasteiger partial charge in [-0.05, 0) is 74.9 Å². The average molecular weight is 290 g/mol. The normalized spacial score (nSPS) is 21.3. The summed E-state index contributed by atoms with van der Waals surface area (Å²) in [6.45, 7) is 9.87. The number of nitrogens with zero attached hydrogens (tertiary/aromatic N) is 1. The largest absolute Gasteiger partial charge is 0.496 e. The van der Waals surface area contributed by atoms with Crippen molar-refractivity contribution in [2.24, 2.45) is 11.7 Å². The summed E-state index contributed by atoms with van der Waals surface area (Å²) in [5, 5.41) is 0. The predicted octanol–water partition coefficient (Wildman–Crippen LogP) is 3.30. The number of hydrogen-bond donors (Lipinski definition) is 1.